The zero-order chi connectivity index (χ0) is 9.35. The first-order valence-electron chi connectivity index (χ1n) is 3.93. The Bertz CT molecular complexity index is 227. The van der Waals surface area contributed by atoms with Crippen LogP contribution in [0.3, 0.4) is 0 Å². The molecule has 12 heavy (non-hydrogen) atoms. The van der Waals surface area contributed by atoms with Crippen molar-refractivity contribution in [1.82, 2.24) is 0 Å². The number of rotatable bonds is 1. The van der Waals surface area contributed by atoms with E-state index in [2.05, 4.69) is 0 Å². The summed E-state index contributed by atoms with van der Waals surface area (Å²) in [7, 11) is 1.75. The van der Waals surface area contributed by atoms with Crippen LogP contribution in [0.25, 0.3) is 0 Å². The lowest BCUT2D eigenvalue weighted by atomic mass is 9.74. The van der Waals surface area contributed by atoms with Gasteiger partial charge < -0.3 is 9.47 Å². The van der Waals surface area contributed by atoms with Crippen molar-refractivity contribution in [3.05, 3.63) is 0 Å². The second-order valence-electron chi connectivity index (χ2n) is 3.10. The standard InChI is InChI=1S/C7H11BO4/c1-3-7(8)4(2)11-5(9)6(10)12-7/h4H,3,8H2,1-2H3. The first-order valence-corrected chi connectivity index (χ1v) is 3.93. The molecule has 0 saturated carbocycles. The molecule has 0 spiro atoms. The van der Waals surface area contributed by atoms with Crippen molar-refractivity contribution in [3.63, 3.8) is 0 Å². The maximum Gasteiger partial charge on any atom is 0.417 e. The summed E-state index contributed by atoms with van der Waals surface area (Å²) >= 11 is 0. The van der Waals surface area contributed by atoms with E-state index in [-0.39, 0.29) is 6.10 Å². The fourth-order valence-electron chi connectivity index (χ4n) is 1.03. The lowest BCUT2D eigenvalue weighted by Crippen LogP contribution is -2.53. The van der Waals surface area contributed by atoms with Gasteiger partial charge in [0.2, 0.25) is 0 Å². The van der Waals surface area contributed by atoms with Crippen LogP contribution in [0, 0.1) is 0 Å². The minimum absolute atomic E-state index is 0.368. The largest absolute Gasteiger partial charge is 0.457 e. The molecule has 2 atom stereocenters. The molecule has 2 unspecified atom stereocenters. The molecule has 0 aliphatic carbocycles. The van der Waals surface area contributed by atoms with E-state index in [1.807, 2.05) is 6.92 Å². The monoisotopic (exact) mass is 170 g/mol. The molecule has 1 aliphatic heterocycles. The van der Waals surface area contributed by atoms with Gasteiger partial charge in [0.15, 0.2) is 7.85 Å². The summed E-state index contributed by atoms with van der Waals surface area (Å²) in [6.45, 7) is 3.59. The van der Waals surface area contributed by atoms with E-state index in [0.717, 1.165) is 0 Å². The quantitative estimate of drug-likeness (QED) is 0.294. The Hall–Kier alpha value is -0.995. The van der Waals surface area contributed by atoms with E-state index < -0.39 is 17.4 Å². The second kappa shape index (κ2) is 2.81. The zero-order valence-corrected chi connectivity index (χ0v) is 7.42. The van der Waals surface area contributed by atoms with E-state index in [0.29, 0.717) is 6.42 Å². The van der Waals surface area contributed by atoms with E-state index in [4.69, 9.17) is 9.47 Å². The highest BCUT2D eigenvalue weighted by molar-refractivity contribution is 6.32. The lowest BCUT2D eigenvalue weighted by molar-refractivity contribution is -0.199. The Labute approximate surface area is 71.6 Å². The molecular weight excluding hydrogens is 159 g/mol. The van der Waals surface area contributed by atoms with Crippen LogP contribution in [0.1, 0.15) is 20.3 Å². The molecule has 5 heteroatoms. The molecule has 0 radical (unpaired) electrons. The number of carbonyl (C=O) groups excluding carboxylic acids is 2. The summed E-state index contributed by atoms with van der Waals surface area (Å²) < 4.78 is 9.73. The van der Waals surface area contributed by atoms with Crippen molar-refractivity contribution < 1.29 is 19.1 Å². The molecule has 0 aromatic carbocycles. The number of hydrogen-bond acceptors (Lipinski definition) is 4. The van der Waals surface area contributed by atoms with Crippen LogP contribution >= 0.6 is 0 Å². The number of hydrogen-bond donors (Lipinski definition) is 0. The van der Waals surface area contributed by atoms with Gasteiger partial charge >= 0.3 is 11.9 Å². The van der Waals surface area contributed by atoms with Gasteiger partial charge in [-0.2, -0.15) is 0 Å². The van der Waals surface area contributed by atoms with Crippen molar-refractivity contribution in [3.8, 4) is 0 Å². The molecule has 0 aromatic rings. The Balaban J connectivity index is 2.81. The van der Waals surface area contributed by atoms with E-state index in [1.54, 1.807) is 14.8 Å². The van der Waals surface area contributed by atoms with Gasteiger partial charge in [0, 0.05) is 0 Å². The smallest absolute Gasteiger partial charge is 0.417 e. The SMILES string of the molecule is BC1(CC)OC(=O)C(=O)OC1C. The number of esters is 2. The average Bonchev–Trinajstić information content (AvgIpc) is 2.01. The van der Waals surface area contributed by atoms with Crippen molar-refractivity contribution in [2.24, 2.45) is 0 Å². The molecule has 0 aromatic heterocycles. The van der Waals surface area contributed by atoms with E-state index in [9.17, 15) is 9.59 Å². The molecule has 0 amide bonds. The third-order valence-corrected chi connectivity index (χ3v) is 2.34. The number of carbonyl (C=O) groups is 2. The fourth-order valence-corrected chi connectivity index (χ4v) is 1.03. The summed E-state index contributed by atoms with van der Waals surface area (Å²) in [6, 6.07) is 0. The van der Waals surface area contributed by atoms with Crippen LogP contribution in [-0.4, -0.2) is 31.4 Å². The molecule has 1 heterocycles. The van der Waals surface area contributed by atoms with Crippen LogP contribution < -0.4 is 0 Å². The van der Waals surface area contributed by atoms with Crippen LogP contribution in [0.15, 0.2) is 0 Å². The summed E-state index contributed by atoms with van der Waals surface area (Å²) in [5.74, 6) is -1.79. The summed E-state index contributed by atoms with van der Waals surface area (Å²) in [6.07, 6.45) is 0.264. The van der Waals surface area contributed by atoms with Gasteiger partial charge in [0.05, 0.1) is 0 Å². The normalized spacial score (nSPS) is 35.7. The molecule has 4 nitrogen and oxygen atoms in total. The van der Waals surface area contributed by atoms with Gasteiger partial charge in [-0.1, -0.05) is 6.92 Å². The summed E-state index contributed by atoms with van der Waals surface area (Å²) in [5.41, 5.74) is -0.662. The van der Waals surface area contributed by atoms with E-state index in [1.165, 1.54) is 0 Å². The van der Waals surface area contributed by atoms with Crippen molar-refractivity contribution >= 4 is 19.8 Å². The molecule has 0 bridgehead atoms. The molecule has 1 fully saturated rings. The number of cyclic esters (lactones) is 2. The fraction of sp³-hybridized carbons (Fsp3) is 0.714. The Kier molecular flexibility index (Phi) is 2.13. The predicted octanol–water partition coefficient (Wildman–Crippen LogP) is -0.786. The minimum Gasteiger partial charge on any atom is -0.457 e. The van der Waals surface area contributed by atoms with Gasteiger partial charge in [0.1, 0.15) is 11.6 Å². The molecule has 1 rings (SSSR count). The third kappa shape index (κ3) is 1.31. The summed E-state index contributed by atoms with van der Waals surface area (Å²) in [4.78, 5) is 21.5. The van der Waals surface area contributed by atoms with Gasteiger partial charge in [-0.3, -0.25) is 0 Å². The van der Waals surface area contributed by atoms with Gasteiger partial charge in [0.25, 0.3) is 0 Å². The van der Waals surface area contributed by atoms with Crippen molar-refractivity contribution in [2.45, 2.75) is 31.9 Å². The van der Waals surface area contributed by atoms with Crippen molar-refractivity contribution in [2.75, 3.05) is 0 Å². The predicted molar refractivity (Wildman–Crippen MR) is 43.2 cm³/mol. The average molecular weight is 170 g/mol. The van der Waals surface area contributed by atoms with Crippen LogP contribution in [0.5, 0.6) is 0 Å². The molecule has 66 valence electrons. The maximum atomic E-state index is 10.8. The minimum atomic E-state index is -0.895. The molecule has 0 N–H and O–H groups in total. The second-order valence-corrected chi connectivity index (χ2v) is 3.10. The van der Waals surface area contributed by atoms with Gasteiger partial charge in [-0.15, -0.1) is 0 Å². The van der Waals surface area contributed by atoms with Crippen molar-refractivity contribution in [1.29, 1.82) is 0 Å². The summed E-state index contributed by atoms with van der Waals surface area (Å²) in [5, 5.41) is 0. The van der Waals surface area contributed by atoms with Crippen LogP contribution in [-0.2, 0) is 19.1 Å². The van der Waals surface area contributed by atoms with Crippen LogP contribution in [0.4, 0.5) is 0 Å². The maximum absolute atomic E-state index is 10.8. The highest BCUT2D eigenvalue weighted by Gasteiger charge is 2.43. The van der Waals surface area contributed by atoms with Gasteiger partial charge in [-0.05, 0) is 13.3 Å². The number of ether oxygens (including phenoxy) is 2. The molecule has 1 saturated heterocycles. The Morgan fingerprint density at radius 2 is 2.08 bits per heavy atom. The van der Waals surface area contributed by atoms with Gasteiger partial charge in [-0.25, -0.2) is 9.59 Å². The topological polar surface area (TPSA) is 52.6 Å². The first-order chi connectivity index (χ1) is 5.49. The highest BCUT2D eigenvalue weighted by atomic mass is 16.7. The molecule has 1 aliphatic rings. The Morgan fingerprint density at radius 1 is 1.50 bits per heavy atom. The third-order valence-electron chi connectivity index (χ3n) is 2.34. The lowest BCUT2D eigenvalue weighted by Gasteiger charge is -2.37. The first kappa shape index (κ1) is 9.10. The van der Waals surface area contributed by atoms with E-state index >= 15 is 0 Å². The highest BCUT2D eigenvalue weighted by Crippen LogP contribution is 2.23. The van der Waals surface area contributed by atoms with Crippen LogP contribution in [0.2, 0.25) is 0 Å². The zero-order valence-electron chi connectivity index (χ0n) is 7.42. The Morgan fingerprint density at radius 3 is 2.58 bits per heavy atom. The molecular formula is C7H11BO4.